The SMILES string of the molecule is NC(N)=N[SH]=O. The van der Waals surface area contributed by atoms with Gasteiger partial charge in [-0.05, 0) is 0 Å². The summed E-state index contributed by atoms with van der Waals surface area (Å²) in [6.45, 7) is 0. The Hall–Kier alpha value is -0.580. The van der Waals surface area contributed by atoms with Gasteiger partial charge in [-0.25, -0.2) is 4.21 Å². The van der Waals surface area contributed by atoms with Gasteiger partial charge in [0.25, 0.3) is 0 Å². The summed E-state index contributed by atoms with van der Waals surface area (Å²) in [5, 5.41) is 0. The van der Waals surface area contributed by atoms with Crippen molar-refractivity contribution in [3.8, 4) is 0 Å². The van der Waals surface area contributed by atoms with Crippen LogP contribution in [-0.2, 0) is 11.9 Å². The maximum absolute atomic E-state index is 9.36. The highest BCUT2D eigenvalue weighted by atomic mass is 32.2. The molecule has 36 valence electrons. The van der Waals surface area contributed by atoms with Crippen molar-refractivity contribution >= 4 is 17.8 Å². The van der Waals surface area contributed by atoms with Crippen LogP contribution in [0.25, 0.3) is 0 Å². The summed E-state index contributed by atoms with van der Waals surface area (Å²) in [4.78, 5) is 0. The fraction of sp³-hybridized carbons (Fsp3) is 0. The Balaban J connectivity index is 3.41. The average molecular weight is 107 g/mol. The van der Waals surface area contributed by atoms with E-state index in [2.05, 4.69) is 4.40 Å². The lowest BCUT2D eigenvalue weighted by molar-refractivity contribution is 0.695. The Kier molecular flexibility index (Phi) is 2.39. The molecule has 0 aliphatic rings. The van der Waals surface area contributed by atoms with Gasteiger partial charge in [-0.15, -0.1) is 0 Å². The van der Waals surface area contributed by atoms with Crippen molar-refractivity contribution in [1.29, 1.82) is 0 Å². The van der Waals surface area contributed by atoms with Crippen molar-refractivity contribution in [2.24, 2.45) is 15.9 Å². The molecule has 0 rings (SSSR count). The van der Waals surface area contributed by atoms with Crippen molar-refractivity contribution < 1.29 is 4.21 Å². The quantitative estimate of drug-likeness (QED) is 0.208. The van der Waals surface area contributed by atoms with Gasteiger partial charge in [0.1, 0.15) is 11.9 Å². The van der Waals surface area contributed by atoms with Crippen molar-refractivity contribution in [3.05, 3.63) is 0 Å². The lowest BCUT2D eigenvalue weighted by Crippen LogP contribution is -2.21. The zero-order chi connectivity index (χ0) is 4.99. The molecule has 0 unspecified atom stereocenters. The van der Waals surface area contributed by atoms with E-state index >= 15 is 0 Å². The second-order valence-electron chi connectivity index (χ2n) is 0.607. The third-order valence-corrected chi connectivity index (χ3v) is 0.469. The Morgan fingerprint density at radius 2 is 2.17 bits per heavy atom. The Morgan fingerprint density at radius 3 is 2.17 bits per heavy atom. The van der Waals surface area contributed by atoms with E-state index in [-0.39, 0.29) is 17.8 Å². The molecule has 0 aromatic rings. The summed E-state index contributed by atoms with van der Waals surface area (Å²) < 4.78 is 12.4. The highest BCUT2D eigenvalue weighted by Gasteiger charge is 1.67. The summed E-state index contributed by atoms with van der Waals surface area (Å²) in [6, 6.07) is 0. The molecular formula is CH5N3OS. The zero-order valence-corrected chi connectivity index (χ0v) is 3.85. The molecule has 0 spiro atoms. The van der Waals surface area contributed by atoms with Crippen LogP contribution in [0.1, 0.15) is 0 Å². The predicted octanol–water partition coefficient (Wildman–Crippen LogP) is -1.88. The summed E-state index contributed by atoms with van der Waals surface area (Å²) in [6.07, 6.45) is 0. The number of nitrogens with zero attached hydrogens (tertiary/aromatic N) is 1. The number of hydrogen-bond donors (Lipinski definition) is 3. The first kappa shape index (κ1) is 5.42. The normalized spacial score (nSPS) is 7.33. The Labute approximate surface area is 38.9 Å². The van der Waals surface area contributed by atoms with Gasteiger partial charge in [0.15, 0.2) is 5.96 Å². The van der Waals surface area contributed by atoms with Crippen LogP contribution in [0.2, 0.25) is 0 Å². The molecule has 0 saturated carbocycles. The first-order valence-corrected chi connectivity index (χ1v) is 1.95. The average Bonchev–Trinajstić information content (AvgIpc) is 1.35. The van der Waals surface area contributed by atoms with Crippen LogP contribution in [0.15, 0.2) is 4.40 Å². The molecule has 0 aliphatic carbocycles. The van der Waals surface area contributed by atoms with Crippen molar-refractivity contribution in [3.63, 3.8) is 0 Å². The van der Waals surface area contributed by atoms with Crippen molar-refractivity contribution in [1.82, 2.24) is 0 Å². The standard InChI is InChI=1S/CH5N3OS/c2-1(3)4-6-5/h6H,(H4,2,3,4,5). The van der Waals surface area contributed by atoms with E-state index in [4.69, 9.17) is 11.5 Å². The molecule has 6 heavy (non-hydrogen) atoms. The van der Waals surface area contributed by atoms with Crippen molar-refractivity contribution in [2.45, 2.75) is 0 Å². The molecule has 4 N–H and O–H groups in total. The van der Waals surface area contributed by atoms with E-state index in [0.717, 1.165) is 0 Å². The van der Waals surface area contributed by atoms with Gasteiger partial charge in [0.2, 0.25) is 0 Å². The van der Waals surface area contributed by atoms with Gasteiger partial charge in [-0.3, -0.25) is 0 Å². The lowest BCUT2D eigenvalue weighted by atomic mass is 11.1. The molecule has 4 nitrogen and oxygen atoms in total. The molecule has 0 amide bonds. The molecule has 0 aromatic heterocycles. The first-order chi connectivity index (χ1) is 2.77. The number of nitrogens with two attached hydrogens (primary N) is 2. The molecule has 0 atom stereocenters. The van der Waals surface area contributed by atoms with E-state index in [9.17, 15) is 4.21 Å². The maximum atomic E-state index is 9.36. The van der Waals surface area contributed by atoms with Gasteiger partial charge in [0, 0.05) is 0 Å². The minimum Gasteiger partial charge on any atom is -0.369 e. The third kappa shape index (κ3) is 3.42. The first-order valence-electron chi connectivity index (χ1n) is 1.18. The summed E-state index contributed by atoms with van der Waals surface area (Å²) in [5.41, 5.74) is 9.45. The largest absolute Gasteiger partial charge is 0.369 e. The second-order valence-corrected chi connectivity index (χ2v) is 0.970. The lowest BCUT2D eigenvalue weighted by Gasteiger charge is -1.76. The Bertz CT molecular complexity index is 74.9. The van der Waals surface area contributed by atoms with Gasteiger partial charge in [-0.2, -0.15) is 4.40 Å². The number of guanidine groups is 1. The molecule has 0 radical (unpaired) electrons. The smallest absolute Gasteiger partial charge is 0.200 e. The molecule has 5 heteroatoms. The van der Waals surface area contributed by atoms with E-state index in [0.29, 0.717) is 0 Å². The molecule has 0 heterocycles. The van der Waals surface area contributed by atoms with E-state index in [1.54, 1.807) is 0 Å². The fourth-order valence-electron chi connectivity index (χ4n) is 0.0471. The van der Waals surface area contributed by atoms with Gasteiger partial charge >= 0.3 is 0 Å². The van der Waals surface area contributed by atoms with Crippen LogP contribution in [0.3, 0.4) is 0 Å². The van der Waals surface area contributed by atoms with Crippen LogP contribution in [-0.4, -0.2) is 10.2 Å². The van der Waals surface area contributed by atoms with E-state index in [1.807, 2.05) is 0 Å². The highest BCUT2D eigenvalue weighted by Crippen LogP contribution is 1.50. The summed E-state index contributed by atoms with van der Waals surface area (Å²) in [7, 11) is 0. The fourth-order valence-corrected chi connectivity index (χ4v) is 0.141. The molecule has 0 bridgehead atoms. The Morgan fingerprint density at radius 1 is 1.67 bits per heavy atom. The number of rotatable bonds is 1. The van der Waals surface area contributed by atoms with Crippen molar-refractivity contribution in [2.75, 3.05) is 0 Å². The molecular weight excluding hydrogens is 102 g/mol. The van der Waals surface area contributed by atoms with Crippen LogP contribution < -0.4 is 11.5 Å². The predicted molar refractivity (Wildman–Crippen MR) is 25.3 cm³/mol. The molecule has 0 fully saturated rings. The summed E-state index contributed by atoms with van der Waals surface area (Å²) in [5.74, 6) is -0.160. The highest BCUT2D eigenvalue weighted by molar-refractivity contribution is 7.64. The topological polar surface area (TPSA) is 81.5 Å². The summed E-state index contributed by atoms with van der Waals surface area (Å²) >= 11 is -0.388. The van der Waals surface area contributed by atoms with Crippen LogP contribution >= 0.6 is 0 Å². The zero-order valence-electron chi connectivity index (χ0n) is 2.96. The monoisotopic (exact) mass is 107 g/mol. The molecule has 0 aromatic carbocycles. The molecule has 0 saturated heterocycles. The van der Waals surface area contributed by atoms with E-state index in [1.165, 1.54) is 0 Å². The molecule has 0 aliphatic heterocycles. The van der Waals surface area contributed by atoms with Gasteiger partial charge < -0.3 is 11.5 Å². The van der Waals surface area contributed by atoms with Gasteiger partial charge in [0.05, 0.1) is 0 Å². The van der Waals surface area contributed by atoms with Crippen LogP contribution in [0.4, 0.5) is 0 Å². The van der Waals surface area contributed by atoms with E-state index < -0.39 is 0 Å². The van der Waals surface area contributed by atoms with Crippen LogP contribution in [0.5, 0.6) is 0 Å². The minimum absolute atomic E-state index is 0.160. The van der Waals surface area contributed by atoms with Crippen LogP contribution in [0, 0.1) is 0 Å². The minimum atomic E-state index is -0.388. The number of thiol groups is 1. The van der Waals surface area contributed by atoms with Gasteiger partial charge in [-0.1, -0.05) is 0 Å². The number of hydrogen-bond acceptors (Lipinski definition) is 1. The maximum Gasteiger partial charge on any atom is 0.200 e. The second kappa shape index (κ2) is 2.65. The third-order valence-electron chi connectivity index (χ3n) is 0.156.